The second kappa shape index (κ2) is 7.80. The molecule has 0 aromatic carbocycles. The van der Waals surface area contributed by atoms with Gasteiger partial charge < -0.3 is 11.1 Å². The van der Waals surface area contributed by atoms with Crippen LogP contribution in [0.1, 0.15) is 51.4 Å². The van der Waals surface area contributed by atoms with Crippen molar-refractivity contribution in [1.29, 1.82) is 0 Å². The highest BCUT2D eigenvalue weighted by Crippen LogP contribution is 2.35. The number of amides is 1. The van der Waals surface area contributed by atoms with E-state index in [0.717, 1.165) is 19.0 Å². The number of fused-ring (bicyclic) bond motifs is 1. The molecule has 3 rings (SSSR count). The van der Waals surface area contributed by atoms with Crippen LogP contribution in [0, 0.1) is 11.8 Å². The lowest BCUT2D eigenvalue weighted by Gasteiger charge is -2.29. The van der Waals surface area contributed by atoms with Crippen molar-refractivity contribution in [2.45, 2.75) is 63.5 Å². The number of likely N-dealkylation sites (tertiary alicyclic amines) is 1. The Labute approximate surface area is 134 Å². The molecule has 122 valence electrons. The summed E-state index contributed by atoms with van der Waals surface area (Å²) in [5.41, 5.74) is 6.24. The lowest BCUT2D eigenvalue weighted by molar-refractivity contribution is -0.123. The van der Waals surface area contributed by atoms with Gasteiger partial charge in [-0.3, -0.25) is 9.69 Å². The smallest absolute Gasteiger partial charge is 0.234 e. The fourth-order valence-electron chi connectivity index (χ4n) is 4.46. The number of nitrogens with zero attached hydrogens (tertiary/aromatic N) is 1. The molecule has 3 fully saturated rings. The van der Waals surface area contributed by atoms with Gasteiger partial charge in [-0.2, -0.15) is 0 Å². The van der Waals surface area contributed by atoms with Gasteiger partial charge in [0.05, 0.1) is 6.54 Å². The summed E-state index contributed by atoms with van der Waals surface area (Å²) >= 11 is 0. The topological polar surface area (TPSA) is 58.4 Å². The van der Waals surface area contributed by atoms with Crippen molar-refractivity contribution in [3.8, 4) is 0 Å². The number of carbonyl (C=O) groups is 1. The minimum Gasteiger partial charge on any atom is -0.352 e. The first-order valence-electron chi connectivity index (χ1n) is 8.49. The Hall–Kier alpha value is -0.320. The Balaban J connectivity index is 0.00000161. The molecule has 1 aliphatic heterocycles. The Morgan fingerprint density at radius 1 is 1.05 bits per heavy atom. The van der Waals surface area contributed by atoms with E-state index in [4.69, 9.17) is 5.73 Å². The van der Waals surface area contributed by atoms with Gasteiger partial charge in [-0.15, -0.1) is 12.4 Å². The average molecular weight is 316 g/mol. The van der Waals surface area contributed by atoms with Gasteiger partial charge >= 0.3 is 0 Å². The van der Waals surface area contributed by atoms with Gasteiger partial charge in [0.15, 0.2) is 0 Å². The second-order valence-electron chi connectivity index (χ2n) is 7.12. The first-order chi connectivity index (χ1) is 9.72. The molecule has 0 radical (unpaired) electrons. The third kappa shape index (κ3) is 4.33. The van der Waals surface area contributed by atoms with E-state index in [1.54, 1.807) is 0 Å². The molecule has 0 bridgehead atoms. The van der Waals surface area contributed by atoms with Crippen LogP contribution >= 0.6 is 12.4 Å². The molecular formula is C16H30ClN3O. The summed E-state index contributed by atoms with van der Waals surface area (Å²) in [4.78, 5) is 14.5. The number of carbonyl (C=O) groups excluding carboxylic acids is 1. The standard InChI is InChI=1S/C16H29N3O.ClH/c17-15-8-4-5-12-9-19(10-14(12)15)11-16(20)18-13-6-2-1-3-7-13;/h12-15H,1-11,17H2,(H,18,20);1H. The maximum absolute atomic E-state index is 12.2. The van der Waals surface area contributed by atoms with Crippen molar-refractivity contribution in [3.05, 3.63) is 0 Å². The van der Waals surface area contributed by atoms with Crippen LogP contribution in [0.25, 0.3) is 0 Å². The molecule has 2 saturated carbocycles. The maximum atomic E-state index is 12.2. The van der Waals surface area contributed by atoms with Crippen LogP contribution in [0.2, 0.25) is 0 Å². The van der Waals surface area contributed by atoms with Crippen LogP contribution in [0.4, 0.5) is 0 Å². The molecular weight excluding hydrogens is 286 g/mol. The van der Waals surface area contributed by atoms with E-state index in [0.29, 0.717) is 24.5 Å². The number of nitrogens with one attached hydrogen (secondary N) is 1. The lowest BCUT2D eigenvalue weighted by Crippen LogP contribution is -2.42. The predicted molar refractivity (Wildman–Crippen MR) is 87.5 cm³/mol. The van der Waals surface area contributed by atoms with Gasteiger partial charge in [0.1, 0.15) is 0 Å². The van der Waals surface area contributed by atoms with Crippen molar-refractivity contribution >= 4 is 18.3 Å². The first kappa shape index (κ1) is 17.0. The average Bonchev–Trinajstić information content (AvgIpc) is 2.83. The predicted octanol–water partition coefficient (Wildman–Crippen LogP) is 1.92. The quantitative estimate of drug-likeness (QED) is 0.836. The van der Waals surface area contributed by atoms with Crippen molar-refractivity contribution < 1.29 is 4.79 Å². The Kier molecular flexibility index (Phi) is 6.33. The van der Waals surface area contributed by atoms with Crippen molar-refractivity contribution in [2.24, 2.45) is 17.6 Å². The van der Waals surface area contributed by atoms with Gasteiger partial charge in [-0.25, -0.2) is 0 Å². The number of halogens is 1. The summed E-state index contributed by atoms with van der Waals surface area (Å²) in [7, 11) is 0. The summed E-state index contributed by atoms with van der Waals surface area (Å²) < 4.78 is 0. The Morgan fingerprint density at radius 2 is 1.81 bits per heavy atom. The van der Waals surface area contributed by atoms with E-state index in [-0.39, 0.29) is 18.3 Å². The zero-order valence-corrected chi connectivity index (χ0v) is 13.7. The van der Waals surface area contributed by atoms with Crippen LogP contribution in [0.5, 0.6) is 0 Å². The third-order valence-corrected chi connectivity index (χ3v) is 5.57. The van der Waals surface area contributed by atoms with Crippen LogP contribution in [0.3, 0.4) is 0 Å². The fourth-order valence-corrected chi connectivity index (χ4v) is 4.46. The largest absolute Gasteiger partial charge is 0.352 e. The van der Waals surface area contributed by atoms with Crippen LogP contribution in [-0.4, -0.2) is 42.5 Å². The van der Waals surface area contributed by atoms with Gasteiger partial charge in [0.2, 0.25) is 5.91 Å². The van der Waals surface area contributed by atoms with E-state index in [1.165, 1.54) is 51.4 Å². The minimum atomic E-state index is 0. The van der Waals surface area contributed by atoms with E-state index in [9.17, 15) is 4.79 Å². The molecule has 3 atom stereocenters. The molecule has 1 heterocycles. The molecule has 3 unspecified atom stereocenters. The molecule has 0 aromatic rings. The summed E-state index contributed by atoms with van der Waals surface area (Å²) in [6.45, 7) is 2.69. The van der Waals surface area contributed by atoms with E-state index < -0.39 is 0 Å². The third-order valence-electron chi connectivity index (χ3n) is 5.57. The van der Waals surface area contributed by atoms with E-state index in [2.05, 4.69) is 10.2 Å². The lowest BCUT2D eigenvalue weighted by atomic mass is 9.78. The number of hydrogen-bond donors (Lipinski definition) is 2. The zero-order valence-electron chi connectivity index (χ0n) is 12.9. The highest BCUT2D eigenvalue weighted by atomic mass is 35.5. The molecule has 5 heteroatoms. The highest BCUT2D eigenvalue weighted by molar-refractivity contribution is 5.85. The van der Waals surface area contributed by atoms with Gasteiger partial charge in [-0.05, 0) is 37.5 Å². The summed E-state index contributed by atoms with van der Waals surface area (Å²) in [5, 5.41) is 3.23. The molecule has 2 aliphatic carbocycles. The van der Waals surface area contributed by atoms with Crippen molar-refractivity contribution in [1.82, 2.24) is 10.2 Å². The summed E-state index contributed by atoms with van der Waals surface area (Å²) in [6.07, 6.45) is 9.96. The highest BCUT2D eigenvalue weighted by Gasteiger charge is 2.39. The molecule has 3 aliphatic rings. The molecule has 0 spiro atoms. The Morgan fingerprint density at radius 3 is 2.52 bits per heavy atom. The van der Waals surface area contributed by atoms with Gasteiger partial charge in [-0.1, -0.05) is 25.7 Å². The summed E-state index contributed by atoms with van der Waals surface area (Å²) in [5.74, 6) is 1.59. The molecule has 1 amide bonds. The van der Waals surface area contributed by atoms with Crippen molar-refractivity contribution in [3.63, 3.8) is 0 Å². The van der Waals surface area contributed by atoms with Crippen LogP contribution in [0.15, 0.2) is 0 Å². The van der Waals surface area contributed by atoms with Crippen LogP contribution < -0.4 is 11.1 Å². The fraction of sp³-hybridized carbons (Fsp3) is 0.938. The normalized spacial score (nSPS) is 34.0. The van der Waals surface area contributed by atoms with E-state index >= 15 is 0 Å². The molecule has 4 nitrogen and oxygen atoms in total. The SMILES string of the molecule is Cl.NC1CCCC2CN(CC(=O)NC3CCCCC3)CC12. The molecule has 3 N–H and O–H groups in total. The van der Waals surface area contributed by atoms with Crippen molar-refractivity contribution in [2.75, 3.05) is 19.6 Å². The van der Waals surface area contributed by atoms with Gasteiger partial charge in [0.25, 0.3) is 0 Å². The zero-order chi connectivity index (χ0) is 13.9. The molecule has 21 heavy (non-hydrogen) atoms. The minimum absolute atomic E-state index is 0. The summed E-state index contributed by atoms with van der Waals surface area (Å²) in [6, 6.07) is 0.795. The van der Waals surface area contributed by atoms with Crippen LogP contribution in [-0.2, 0) is 4.79 Å². The maximum Gasteiger partial charge on any atom is 0.234 e. The van der Waals surface area contributed by atoms with E-state index in [1.807, 2.05) is 0 Å². The second-order valence-corrected chi connectivity index (χ2v) is 7.12. The first-order valence-corrected chi connectivity index (χ1v) is 8.49. The Bertz CT molecular complexity index is 346. The molecule has 1 saturated heterocycles. The van der Waals surface area contributed by atoms with Gasteiger partial charge in [0, 0.05) is 25.2 Å². The molecule has 0 aromatic heterocycles. The number of hydrogen-bond acceptors (Lipinski definition) is 3. The monoisotopic (exact) mass is 315 g/mol. The number of nitrogens with two attached hydrogens (primary N) is 1. The number of rotatable bonds is 3.